The minimum atomic E-state index is -0.261. The van der Waals surface area contributed by atoms with Crippen LogP contribution in [0.2, 0.25) is 0 Å². The van der Waals surface area contributed by atoms with Gasteiger partial charge < -0.3 is 14.8 Å². The molecular weight excluding hydrogens is 270 g/mol. The van der Waals surface area contributed by atoms with Gasteiger partial charge in [-0.2, -0.15) is 0 Å². The number of amides is 1. The van der Waals surface area contributed by atoms with Crippen LogP contribution in [0.25, 0.3) is 0 Å². The van der Waals surface area contributed by atoms with Crippen LogP contribution >= 0.6 is 0 Å². The van der Waals surface area contributed by atoms with Crippen LogP contribution in [-0.2, 0) is 14.3 Å². The van der Waals surface area contributed by atoms with Crippen molar-refractivity contribution in [2.75, 3.05) is 20.8 Å². The molecule has 0 radical (unpaired) electrons. The maximum atomic E-state index is 12.2. The van der Waals surface area contributed by atoms with E-state index in [-0.39, 0.29) is 36.4 Å². The molecule has 21 heavy (non-hydrogen) atoms. The Morgan fingerprint density at radius 1 is 1.14 bits per heavy atom. The van der Waals surface area contributed by atoms with Crippen molar-refractivity contribution in [3.63, 3.8) is 0 Å². The summed E-state index contributed by atoms with van der Waals surface area (Å²) in [5.74, 6) is -0.506. The third-order valence-electron chi connectivity index (χ3n) is 3.96. The van der Waals surface area contributed by atoms with Crippen molar-refractivity contribution in [2.24, 2.45) is 5.92 Å². The number of ether oxygens (including phenoxy) is 2. The Kier molecular flexibility index (Phi) is 5.47. The van der Waals surface area contributed by atoms with Gasteiger partial charge in [0.2, 0.25) is 5.91 Å². The molecule has 1 aromatic carbocycles. The molecule has 2 rings (SSSR count). The van der Waals surface area contributed by atoms with Crippen molar-refractivity contribution in [3.8, 4) is 0 Å². The van der Waals surface area contributed by atoms with Crippen LogP contribution < -0.4 is 5.32 Å². The number of methoxy groups -OCH3 is 2. The SMILES string of the molecule is COC1CCC(C(=O)NCC(=O)c2ccccc2)C1OC. The maximum Gasteiger partial charge on any atom is 0.226 e. The first-order chi connectivity index (χ1) is 10.2. The lowest BCUT2D eigenvalue weighted by atomic mass is 10.0. The third kappa shape index (κ3) is 3.68. The minimum absolute atomic E-state index is 0.00737. The summed E-state index contributed by atoms with van der Waals surface area (Å²) < 4.78 is 10.7. The lowest BCUT2D eigenvalue weighted by Gasteiger charge is -2.21. The number of carbonyl (C=O) groups is 2. The number of carbonyl (C=O) groups excluding carboxylic acids is 2. The first-order valence-corrected chi connectivity index (χ1v) is 7.09. The fourth-order valence-electron chi connectivity index (χ4n) is 2.80. The number of hydrogen-bond donors (Lipinski definition) is 1. The van der Waals surface area contributed by atoms with Gasteiger partial charge in [0.05, 0.1) is 24.7 Å². The smallest absolute Gasteiger partial charge is 0.226 e. The molecule has 5 heteroatoms. The first kappa shape index (κ1) is 15.7. The fraction of sp³-hybridized carbons (Fsp3) is 0.500. The predicted octanol–water partition coefficient (Wildman–Crippen LogP) is 1.43. The molecule has 1 amide bonds. The number of nitrogens with one attached hydrogen (secondary N) is 1. The summed E-state index contributed by atoms with van der Waals surface area (Å²) in [4.78, 5) is 24.2. The molecular formula is C16H21NO4. The molecule has 1 aliphatic carbocycles. The minimum Gasteiger partial charge on any atom is -0.379 e. The van der Waals surface area contributed by atoms with Crippen molar-refractivity contribution in [3.05, 3.63) is 35.9 Å². The van der Waals surface area contributed by atoms with Gasteiger partial charge >= 0.3 is 0 Å². The van der Waals surface area contributed by atoms with E-state index in [4.69, 9.17) is 9.47 Å². The van der Waals surface area contributed by atoms with E-state index in [1.807, 2.05) is 6.07 Å². The third-order valence-corrected chi connectivity index (χ3v) is 3.96. The van der Waals surface area contributed by atoms with Gasteiger partial charge in [-0.3, -0.25) is 9.59 Å². The van der Waals surface area contributed by atoms with Crippen LogP contribution in [0.4, 0.5) is 0 Å². The summed E-state index contributed by atoms with van der Waals surface area (Å²) in [6.45, 7) is 0.00737. The second-order valence-electron chi connectivity index (χ2n) is 5.17. The number of ketones is 1. The highest BCUT2D eigenvalue weighted by molar-refractivity contribution is 5.99. The Bertz CT molecular complexity index is 488. The van der Waals surface area contributed by atoms with Crippen LogP contribution in [0.3, 0.4) is 0 Å². The second-order valence-corrected chi connectivity index (χ2v) is 5.17. The van der Waals surface area contributed by atoms with Crippen molar-refractivity contribution in [1.29, 1.82) is 0 Å². The average molecular weight is 291 g/mol. The van der Waals surface area contributed by atoms with Gasteiger partial charge in [-0.05, 0) is 12.8 Å². The number of benzene rings is 1. The van der Waals surface area contributed by atoms with Crippen LogP contribution in [0.5, 0.6) is 0 Å². The Labute approximate surface area is 124 Å². The standard InChI is InChI=1S/C16H21NO4/c1-20-14-9-8-12(15(14)21-2)16(19)17-10-13(18)11-6-4-3-5-7-11/h3-7,12,14-15H,8-10H2,1-2H3,(H,17,19). The molecule has 0 spiro atoms. The summed E-state index contributed by atoms with van der Waals surface area (Å²) in [5, 5.41) is 2.71. The molecule has 3 unspecified atom stereocenters. The summed E-state index contributed by atoms with van der Waals surface area (Å²) in [6.07, 6.45) is 1.19. The largest absolute Gasteiger partial charge is 0.379 e. The molecule has 1 aliphatic rings. The van der Waals surface area contributed by atoms with E-state index < -0.39 is 0 Å². The highest BCUT2D eigenvalue weighted by Gasteiger charge is 2.40. The van der Waals surface area contributed by atoms with Gasteiger partial charge in [-0.1, -0.05) is 30.3 Å². The van der Waals surface area contributed by atoms with Crippen LogP contribution in [0.1, 0.15) is 23.2 Å². The molecule has 3 atom stereocenters. The maximum absolute atomic E-state index is 12.2. The zero-order valence-corrected chi connectivity index (χ0v) is 12.4. The molecule has 1 N–H and O–H groups in total. The molecule has 0 aliphatic heterocycles. The highest BCUT2D eigenvalue weighted by atomic mass is 16.5. The summed E-state index contributed by atoms with van der Waals surface area (Å²) in [5.41, 5.74) is 0.599. The summed E-state index contributed by atoms with van der Waals surface area (Å²) in [7, 11) is 3.20. The summed E-state index contributed by atoms with van der Waals surface area (Å²) in [6, 6.07) is 8.93. The lowest BCUT2D eigenvalue weighted by molar-refractivity contribution is -0.130. The molecule has 0 heterocycles. The van der Waals surface area contributed by atoms with E-state index in [0.29, 0.717) is 12.0 Å². The van der Waals surface area contributed by atoms with E-state index >= 15 is 0 Å². The Hall–Kier alpha value is -1.72. The molecule has 0 bridgehead atoms. The number of hydrogen-bond acceptors (Lipinski definition) is 4. The van der Waals surface area contributed by atoms with Crippen molar-refractivity contribution < 1.29 is 19.1 Å². The Morgan fingerprint density at radius 2 is 1.86 bits per heavy atom. The quantitative estimate of drug-likeness (QED) is 0.805. The van der Waals surface area contributed by atoms with E-state index in [2.05, 4.69) is 5.32 Å². The van der Waals surface area contributed by atoms with Gasteiger partial charge in [0.1, 0.15) is 0 Å². The Morgan fingerprint density at radius 3 is 2.48 bits per heavy atom. The van der Waals surface area contributed by atoms with Crippen molar-refractivity contribution >= 4 is 11.7 Å². The molecule has 1 fully saturated rings. The molecule has 114 valence electrons. The van der Waals surface area contributed by atoms with Crippen LogP contribution in [0.15, 0.2) is 30.3 Å². The zero-order chi connectivity index (χ0) is 15.2. The zero-order valence-electron chi connectivity index (χ0n) is 12.4. The van der Waals surface area contributed by atoms with Crippen LogP contribution in [-0.4, -0.2) is 44.7 Å². The van der Waals surface area contributed by atoms with Crippen molar-refractivity contribution in [1.82, 2.24) is 5.32 Å². The summed E-state index contributed by atoms with van der Waals surface area (Å²) >= 11 is 0. The highest BCUT2D eigenvalue weighted by Crippen LogP contribution is 2.30. The number of rotatable bonds is 6. The first-order valence-electron chi connectivity index (χ1n) is 7.09. The van der Waals surface area contributed by atoms with Gasteiger partial charge in [-0.25, -0.2) is 0 Å². The fourth-order valence-corrected chi connectivity index (χ4v) is 2.80. The van der Waals surface area contributed by atoms with Crippen LogP contribution in [0, 0.1) is 5.92 Å². The number of Topliss-reactive ketones (excluding diaryl/α,β-unsaturated/α-hetero) is 1. The molecule has 5 nitrogen and oxygen atoms in total. The molecule has 0 aromatic heterocycles. The lowest BCUT2D eigenvalue weighted by Crippen LogP contribution is -2.41. The van der Waals surface area contributed by atoms with Gasteiger partial charge in [0.15, 0.2) is 5.78 Å². The topological polar surface area (TPSA) is 64.6 Å². The van der Waals surface area contributed by atoms with Gasteiger partial charge in [0.25, 0.3) is 0 Å². The molecule has 1 aromatic rings. The molecule has 0 saturated heterocycles. The monoisotopic (exact) mass is 291 g/mol. The Balaban J connectivity index is 1.89. The second kappa shape index (κ2) is 7.33. The normalized spacial score (nSPS) is 24.8. The average Bonchev–Trinajstić information content (AvgIpc) is 2.96. The van der Waals surface area contributed by atoms with Crippen molar-refractivity contribution in [2.45, 2.75) is 25.0 Å². The molecule has 1 saturated carbocycles. The van der Waals surface area contributed by atoms with E-state index in [0.717, 1.165) is 6.42 Å². The van der Waals surface area contributed by atoms with E-state index in [1.54, 1.807) is 38.5 Å². The van der Waals surface area contributed by atoms with Gasteiger partial charge in [0, 0.05) is 19.8 Å². The van der Waals surface area contributed by atoms with Gasteiger partial charge in [-0.15, -0.1) is 0 Å². The predicted molar refractivity (Wildman–Crippen MR) is 78.1 cm³/mol. The van der Waals surface area contributed by atoms with E-state index in [9.17, 15) is 9.59 Å². The van der Waals surface area contributed by atoms with E-state index in [1.165, 1.54) is 0 Å².